The van der Waals surface area contributed by atoms with Crippen molar-refractivity contribution >= 4 is 5.78 Å². The summed E-state index contributed by atoms with van der Waals surface area (Å²) in [5, 5.41) is 9.16. The van der Waals surface area contributed by atoms with Gasteiger partial charge in [0.25, 0.3) is 0 Å². The molecule has 0 bridgehead atoms. The molecule has 3 heteroatoms. The topological polar surface area (TPSA) is 40.9 Å². The second kappa shape index (κ2) is 5.92. The highest BCUT2D eigenvalue weighted by atomic mass is 19.1. The molecule has 0 fully saturated rings. The summed E-state index contributed by atoms with van der Waals surface area (Å²) in [6, 6.07) is 16.7. The molecule has 0 radical (unpaired) electrons. The van der Waals surface area contributed by atoms with Gasteiger partial charge in [-0.1, -0.05) is 30.3 Å². The van der Waals surface area contributed by atoms with Crippen molar-refractivity contribution in [3.05, 3.63) is 71.5 Å². The first-order valence-corrected chi connectivity index (χ1v) is 5.94. The number of hydrogen-bond donors (Lipinski definition) is 0. The lowest BCUT2D eigenvalue weighted by Gasteiger charge is -2.08. The fourth-order valence-electron chi connectivity index (χ4n) is 1.86. The highest BCUT2D eigenvalue weighted by Gasteiger charge is 2.16. The molecule has 0 saturated heterocycles. The Balaban J connectivity index is 2.13. The first kappa shape index (κ1) is 13.0. The van der Waals surface area contributed by atoms with E-state index in [1.807, 2.05) is 30.3 Å². The van der Waals surface area contributed by atoms with E-state index >= 15 is 0 Å². The van der Waals surface area contributed by atoms with Gasteiger partial charge in [0.05, 0.1) is 12.0 Å². The van der Waals surface area contributed by atoms with E-state index < -0.39 is 5.92 Å². The Hall–Kier alpha value is -2.47. The van der Waals surface area contributed by atoms with Crippen molar-refractivity contribution in [3.8, 4) is 6.07 Å². The maximum absolute atomic E-state index is 12.8. The number of nitrogens with zero attached hydrogens (tertiary/aromatic N) is 1. The Bertz CT molecular complexity index is 599. The quantitative estimate of drug-likeness (QED) is 0.779. The van der Waals surface area contributed by atoms with Gasteiger partial charge in [0.1, 0.15) is 5.82 Å². The molecule has 2 aromatic carbocycles. The second-order valence-electron chi connectivity index (χ2n) is 4.23. The largest absolute Gasteiger partial charge is 0.294 e. The van der Waals surface area contributed by atoms with Crippen LogP contribution in [-0.2, 0) is 0 Å². The molecule has 0 N–H and O–H groups in total. The molecule has 2 aromatic rings. The molecule has 0 unspecified atom stereocenters. The summed E-state index contributed by atoms with van der Waals surface area (Å²) in [4.78, 5) is 12.0. The number of benzene rings is 2. The van der Waals surface area contributed by atoms with E-state index in [0.717, 1.165) is 5.56 Å². The van der Waals surface area contributed by atoms with E-state index in [1.165, 1.54) is 24.3 Å². The van der Waals surface area contributed by atoms with Crippen LogP contribution >= 0.6 is 0 Å². The molecule has 94 valence electrons. The van der Waals surface area contributed by atoms with Crippen LogP contribution in [0.25, 0.3) is 0 Å². The van der Waals surface area contributed by atoms with Gasteiger partial charge >= 0.3 is 0 Å². The third-order valence-electron chi connectivity index (χ3n) is 2.91. The Morgan fingerprint density at radius 3 is 2.32 bits per heavy atom. The predicted molar refractivity (Wildman–Crippen MR) is 70.1 cm³/mol. The number of carbonyl (C=O) groups is 1. The van der Waals surface area contributed by atoms with Crippen molar-refractivity contribution in [1.29, 1.82) is 5.26 Å². The van der Waals surface area contributed by atoms with Crippen molar-refractivity contribution in [2.75, 3.05) is 0 Å². The van der Waals surface area contributed by atoms with Crippen LogP contribution in [0, 0.1) is 17.1 Å². The van der Waals surface area contributed by atoms with Crippen molar-refractivity contribution in [2.24, 2.45) is 0 Å². The summed E-state index contributed by atoms with van der Waals surface area (Å²) in [5.74, 6) is -1.01. The van der Waals surface area contributed by atoms with Crippen LogP contribution in [0.5, 0.6) is 0 Å². The van der Waals surface area contributed by atoms with Crippen LogP contribution in [-0.4, -0.2) is 5.78 Å². The third-order valence-corrected chi connectivity index (χ3v) is 2.91. The number of rotatable bonds is 4. The molecule has 0 amide bonds. The van der Waals surface area contributed by atoms with Gasteiger partial charge in [-0.3, -0.25) is 4.79 Å². The van der Waals surface area contributed by atoms with Gasteiger partial charge in [-0.25, -0.2) is 4.39 Å². The third kappa shape index (κ3) is 3.26. The smallest absolute Gasteiger partial charge is 0.164 e. The summed E-state index contributed by atoms with van der Waals surface area (Å²) in [6.45, 7) is 0. The number of Topliss-reactive ketones (excluding diaryl/α,β-unsaturated/α-hetero) is 1. The van der Waals surface area contributed by atoms with E-state index in [4.69, 9.17) is 5.26 Å². The van der Waals surface area contributed by atoms with E-state index in [2.05, 4.69) is 6.07 Å². The van der Waals surface area contributed by atoms with Gasteiger partial charge < -0.3 is 0 Å². The lowest BCUT2D eigenvalue weighted by Crippen LogP contribution is -2.06. The zero-order valence-corrected chi connectivity index (χ0v) is 10.2. The minimum atomic E-state index is -0.473. The molecule has 0 spiro atoms. The zero-order chi connectivity index (χ0) is 13.7. The number of nitriles is 1. The summed E-state index contributed by atoms with van der Waals surface area (Å²) in [7, 11) is 0. The standard InChI is InChI=1S/C16H12FNO/c17-15-8-6-13(7-9-15)16(19)10-14(11-18)12-4-2-1-3-5-12/h1-9,14H,10H2/t14-/m0/s1. The number of halogens is 1. The average Bonchev–Trinajstić information content (AvgIpc) is 2.46. The molecule has 0 aliphatic heterocycles. The van der Waals surface area contributed by atoms with Gasteiger partial charge in [-0.15, -0.1) is 0 Å². The normalized spacial score (nSPS) is 11.6. The first-order chi connectivity index (χ1) is 9.20. The van der Waals surface area contributed by atoms with Crippen LogP contribution in [0.4, 0.5) is 4.39 Å². The monoisotopic (exact) mass is 253 g/mol. The van der Waals surface area contributed by atoms with Crippen LogP contribution in [0.2, 0.25) is 0 Å². The van der Waals surface area contributed by atoms with E-state index in [-0.39, 0.29) is 18.0 Å². The molecule has 0 aliphatic carbocycles. The molecule has 2 rings (SSSR count). The summed E-state index contributed by atoms with van der Waals surface area (Å²) < 4.78 is 12.8. The predicted octanol–water partition coefficient (Wildman–Crippen LogP) is 3.71. The Morgan fingerprint density at radius 2 is 1.74 bits per heavy atom. The van der Waals surface area contributed by atoms with E-state index in [9.17, 15) is 9.18 Å². The van der Waals surface area contributed by atoms with Crippen LogP contribution in [0.3, 0.4) is 0 Å². The molecule has 0 heterocycles. The molecule has 0 saturated carbocycles. The molecule has 0 aliphatic rings. The highest BCUT2D eigenvalue weighted by molar-refractivity contribution is 5.96. The van der Waals surface area contributed by atoms with Crippen LogP contribution in [0.1, 0.15) is 28.3 Å². The number of carbonyl (C=O) groups excluding carboxylic acids is 1. The van der Waals surface area contributed by atoms with Gasteiger partial charge in [0, 0.05) is 12.0 Å². The fraction of sp³-hybridized carbons (Fsp3) is 0.125. The minimum Gasteiger partial charge on any atom is -0.294 e. The van der Waals surface area contributed by atoms with Crippen molar-refractivity contribution < 1.29 is 9.18 Å². The molecular formula is C16H12FNO. The summed E-state index contributed by atoms with van der Waals surface area (Å²) in [5.41, 5.74) is 1.25. The van der Waals surface area contributed by atoms with Gasteiger partial charge in [0.2, 0.25) is 0 Å². The molecular weight excluding hydrogens is 241 g/mol. The zero-order valence-electron chi connectivity index (χ0n) is 10.2. The van der Waals surface area contributed by atoms with Crippen LogP contribution < -0.4 is 0 Å². The minimum absolute atomic E-state index is 0.103. The maximum Gasteiger partial charge on any atom is 0.164 e. The van der Waals surface area contributed by atoms with Crippen molar-refractivity contribution in [3.63, 3.8) is 0 Å². The SMILES string of the molecule is N#C[C@H](CC(=O)c1ccc(F)cc1)c1ccccc1. The Morgan fingerprint density at radius 1 is 1.11 bits per heavy atom. The maximum atomic E-state index is 12.8. The molecule has 2 nitrogen and oxygen atoms in total. The second-order valence-corrected chi connectivity index (χ2v) is 4.23. The average molecular weight is 253 g/mol. The Kier molecular flexibility index (Phi) is 4.04. The van der Waals surface area contributed by atoms with Gasteiger partial charge in [-0.05, 0) is 29.8 Å². The van der Waals surface area contributed by atoms with E-state index in [0.29, 0.717) is 5.56 Å². The first-order valence-electron chi connectivity index (χ1n) is 5.94. The number of ketones is 1. The highest BCUT2D eigenvalue weighted by Crippen LogP contribution is 2.21. The van der Waals surface area contributed by atoms with E-state index in [1.54, 1.807) is 0 Å². The lowest BCUT2D eigenvalue weighted by molar-refractivity contribution is 0.0979. The summed E-state index contributed by atoms with van der Waals surface area (Å²) in [6.07, 6.45) is 0.103. The summed E-state index contributed by atoms with van der Waals surface area (Å²) >= 11 is 0. The van der Waals surface area contributed by atoms with Gasteiger partial charge in [0.15, 0.2) is 5.78 Å². The van der Waals surface area contributed by atoms with Crippen molar-refractivity contribution in [2.45, 2.75) is 12.3 Å². The lowest BCUT2D eigenvalue weighted by atomic mass is 9.93. The molecule has 1 atom stereocenters. The molecule has 19 heavy (non-hydrogen) atoms. The van der Waals surface area contributed by atoms with Crippen molar-refractivity contribution in [1.82, 2.24) is 0 Å². The fourth-order valence-corrected chi connectivity index (χ4v) is 1.86. The number of hydrogen-bond acceptors (Lipinski definition) is 2. The molecule has 0 aromatic heterocycles. The van der Waals surface area contributed by atoms with Gasteiger partial charge in [-0.2, -0.15) is 5.26 Å². The van der Waals surface area contributed by atoms with Crippen LogP contribution in [0.15, 0.2) is 54.6 Å². The Labute approximate surface area is 111 Å².